The second-order valence-electron chi connectivity index (χ2n) is 10.00. The molecule has 38 heavy (non-hydrogen) atoms. The lowest BCUT2D eigenvalue weighted by Crippen LogP contribution is -2.48. The van der Waals surface area contributed by atoms with Crippen molar-refractivity contribution in [3.63, 3.8) is 0 Å². The molecule has 13 heteroatoms. The van der Waals surface area contributed by atoms with E-state index in [2.05, 4.69) is 4.98 Å². The molecular weight excluding hydrogens is 518 g/mol. The summed E-state index contributed by atoms with van der Waals surface area (Å²) in [5.41, 5.74) is -4.01. The average Bonchev–Trinajstić information content (AvgIpc) is 3.58. The fourth-order valence-corrected chi connectivity index (χ4v) is 4.72. The summed E-state index contributed by atoms with van der Waals surface area (Å²) in [7, 11) is 0. The van der Waals surface area contributed by atoms with Crippen LogP contribution in [-0.4, -0.2) is 51.5 Å². The second kappa shape index (κ2) is 9.00. The van der Waals surface area contributed by atoms with E-state index in [1.165, 1.54) is 12.1 Å². The Morgan fingerprint density at radius 2 is 1.84 bits per heavy atom. The number of hydrogen-bond donors (Lipinski definition) is 2. The van der Waals surface area contributed by atoms with Gasteiger partial charge in [-0.25, -0.2) is 18.2 Å². The standard InChI is InChI=1S/C25H22F6N4O3/c1-24(38)6-7-34(11-24)18-5-4-14-20(36)15(23(37)33-21(12-2-3-12)25(29,30)31)10-35(22(14)32-18)19-16(27)8-13(26)9-17(19)28/h4-5,8-10,12,21,38H,2-3,6-7,11H2,1H3,(H,33,37). The molecule has 2 N–H and O–H groups in total. The molecule has 3 aromatic rings. The largest absolute Gasteiger partial charge is 0.408 e. The van der Waals surface area contributed by atoms with Crippen LogP contribution >= 0.6 is 0 Å². The molecule has 2 aliphatic rings. The third-order valence-electron chi connectivity index (χ3n) is 6.81. The molecule has 1 saturated carbocycles. The first-order chi connectivity index (χ1) is 17.7. The highest BCUT2D eigenvalue weighted by Crippen LogP contribution is 2.40. The molecule has 202 valence electrons. The molecule has 1 aromatic carbocycles. The van der Waals surface area contributed by atoms with Gasteiger partial charge in [-0.2, -0.15) is 13.2 Å². The summed E-state index contributed by atoms with van der Waals surface area (Å²) in [4.78, 5) is 32.2. The highest BCUT2D eigenvalue weighted by Gasteiger charge is 2.50. The van der Waals surface area contributed by atoms with Gasteiger partial charge in [-0.1, -0.05) is 0 Å². The Balaban J connectivity index is 1.68. The van der Waals surface area contributed by atoms with Crippen molar-refractivity contribution in [3.05, 3.63) is 63.7 Å². The third-order valence-corrected chi connectivity index (χ3v) is 6.81. The van der Waals surface area contributed by atoms with E-state index < -0.39 is 63.8 Å². The Morgan fingerprint density at radius 1 is 1.18 bits per heavy atom. The maximum Gasteiger partial charge on any atom is 0.408 e. The normalized spacial score (nSPS) is 20.7. The number of fused-ring (bicyclic) bond motifs is 1. The number of hydrogen-bond acceptors (Lipinski definition) is 5. The predicted molar refractivity (Wildman–Crippen MR) is 125 cm³/mol. The van der Waals surface area contributed by atoms with Gasteiger partial charge < -0.3 is 15.3 Å². The van der Waals surface area contributed by atoms with Gasteiger partial charge >= 0.3 is 6.18 Å². The van der Waals surface area contributed by atoms with Crippen molar-refractivity contribution >= 4 is 22.8 Å². The lowest BCUT2D eigenvalue weighted by atomic mass is 10.1. The van der Waals surface area contributed by atoms with Crippen LogP contribution in [0.4, 0.5) is 32.2 Å². The Bertz CT molecular complexity index is 1480. The van der Waals surface area contributed by atoms with Crippen molar-refractivity contribution in [1.29, 1.82) is 0 Å². The topological polar surface area (TPSA) is 87.5 Å². The molecule has 1 aliphatic carbocycles. The number of anilines is 1. The summed E-state index contributed by atoms with van der Waals surface area (Å²) >= 11 is 0. The summed E-state index contributed by atoms with van der Waals surface area (Å²) in [6.07, 6.45) is -3.17. The van der Waals surface area contributed by atoms with Crippen LogP contribution in [0.1, 0.15) is 36.5 Å². The highest BCUT2D eigenvalue weighted by atomic mass is 19.4. The van der Waals surface area contributed by atoms with E-state index in [-0.39, 0.29) is 36.2 Å². The van der Waals surface area contributed by atoms with Crippen LogP contribution in [0.25, 0.3) is 16.7 Å². The zero-order valence-corrected chi connectivity index (χ0v) is 20.0. The molecule has 2 aromatic heterocycles. The van der Waals surface area contributed by atoms with Crippen molar-refractivity contribution < 1.29 is 36.2 Å². The summed E-state index contributed by atoms with van der Waals surface area (Å²) in [6.45, 7) is 2.18. The summed E-state index contributed by atoms with van der Waals surface area (Å²) < 4.78 is 84.6. The fraction of sp³-hybridized carbons (Fsp3) is 0.400. The van der Waals surface area contributed by atoms with Crippen molar-refractivity contribution in [1.82, 2.24) is 14.9 Å². The molecule has 2 unspecified atom stereocenters. The first-order valence-electron chi connectivity index (χ1n) is 11.8. The van der Waals surface area contributed by atoms with Crippen LogP contribution in [0.3, 0.4) is 0 Å². The van der Waals surface area contributed by atoms with Crippen LogP contribution in [0.15, 0.2) is 35.3 Å². The van der Waals surface area contributed by atoms with E-state index in [0.717, 1.165) is 0 Å². The van der Waals surface area contributed by atoms with Crippen molar-refractivity contribution in [2.45, 2.75) is 44.0 Å². The number of aromatic nitrogens is 2. The van der Waals surface area contributed by atoms with Gasteiger partial charge in [0.15, 0.2) is 17.3 Å². The third kappa shape index (κ3) is 4.82. The molecule has 1 amide bonds. The number of rotatable bonds is 5. The predicted octanol–water partition coefficient (Wildman–Crippen LogP) is 3.83. The van der Waals surface area contributed by atoms with E-state index in [0.29, 0.717) is 35.9 Å². The lowest BCUT2D eigenvalue weighted by Gasteiger charge is -2.22. The van der Waals surface area contributed by atoms with E-state index in [1.54, 1.807) is 11.8 Å². The smallest absolute Gasteiger partial charge is 0.388 e. The van der Waals surface area contributed by atoms with Gasteiger partial charge in [-0.3, -0.25) is 14.2 Å². The SMILES string of the molecule is CC1(O)CCN(c2ccc3c(=O)c(C(=O)NC(C4CC4)C(F)(F)F)cn(-c4c(F)cc(F)cc4F)c3n2)C1. The number of nitrogens with one attached hydrogen (secondary N) is 1. The Kier molecular flexibility index (Phi) is 6.16. The average molecular weight is 540 g/mol. The molecule has 2 fully saturated rings. The molecule has 1 saturated heterocycles. The highest BCUT2D eigenvalue weighted by molar-refractivity contribution is 5.97. The van der Waals surface area contributed by atoms with E-state index in [4.69, 9.17) is 0 Å². The summed E-state index contributed by atoms with van der Waals surface area (Å²) in [6, 6.07) is 1.22. The Labute approximate surface area is 211 Å². The fourth-order valence-electron chi connectivity index (χ4n) is 4.72. The minimum Gasteiger partial charge on any atom is -0.388 e. The number of halogens is 6. The molecule has 2 atom stereocenters. The quantitative estimate of drug-likeness (QED) is 0.481. The van der Waals surface area contributed by atoms with Gasteiger partial charge in [0.2, 0.25) is 5.43 Å². The number of carbonyl (C=O) groups is 1. The van der Waals surface area contributed by atoms with Crippen LogP contribution in [-0.2, 0) is 0 Å². The van der Waals surface area contributed by atoms with Crippen molar-refractivity contribution in [2.75, 3.05) is 18.0 Å². The van der Waals surface area contributed by atoms with Gasteiger partial charge in [0, 0.05) is 31.4 Å². The zero-order valence-electron chi connectivity index (χ0n) is 20.0. The number of β-amino-alcohol motifs (C(OH)–C–C–N with tert-alkyl or cyclic N) is 1. The van der Waals surface area contributed by atoms with Crippen LogP contribution in [0, 0.1) is 23.4 Å². The number of nitrogens with zero attached hydrogens (tertiary/aromatic N) is 3. The maximum atomic E-state index is 14.8. The zero-order chi connectivity index (χ0) is 27.6. The number of aliphatic hydroxyl groups is 1. The number of pyridine rings is 2. The lowest BCUT2D eigenvalue weighted by molar-refractivity contribution is -0.158. The Hall–Kier alpha value is -3.61. The molecule has 0 radical (unpaired) electrons. The molecule has 0 spiro atoms. The number of amides is 1. The molecular formula is C25H22F6N4O3. The summed E-state index contributed by atoms with van der Waals surface area (Å²) in [5, 5.41) is 11.8. The van der Waals surface area contributed by atoms with Crippen LogP contribution in [0.5, 0.6) is 0 Å². The number of alkyl halides is 3. The van der Waals surface area contributed by atoms with Gasteiger partial charge in [0.05, 0.1) is 11.0 Å². The molecule has 1 aliphatic heterocycles. The molecule has 0 bridgehead atoms. The van der Waals surface area contributed by atoms with Gasteiger partial charge in [-0.05, 0) is 44.2 Å². The molecule has 7 nitrogen and oxygen atoms in total. The van der Waals surface area contributed by atoms with Crippen LogP contribution < -0.4 is 15.6 Å². The summed E-state index contributed by atoms with van der Waals surface area (Å²) in [5.74, 6) is -5.97. The van der Waals surface area contributed by atoms with Gasteiger partial charge in [-0.15, -0.1) is 0 Å². The monoisotopic (exact) mass is 540 g/mol. The first-order valence-corrected chi connectivity index (χ1v) is 11.8. The molecule has 3 heterocycles. The van der Waals surface area contributed by atoms with Crippen LogP contribution in [0.2, 0.25) is 0 Å². The van der Waals surface area contributed by atoms with Crippen molar-refractivity contribution in [2.24, 2.45) is 5.92 Å². The van der Waals surface area contributed by atoms with E-state index >= 15 is 0 Å². The van der Waals surface area contributed by atoms with E-state index in [1.807, 2.05) is 5.32 Å². The van der Waals surface area contributed by atoms with Crippen molar-refractivity contribution in [3.8, 4) is 5.69 Å². The minimum atomic E-state index is -4.77. The minimum absolute atomic E-state index is 0.176. The van der Waals surface area contributed by atoms with E-state index in [9.17, 15) is 41.0 Å². The number of carbonyl (C=O) groups excluding carboxylic acids is 1. The van der Waals surface area contributed by atoms with Gasteiger partial charge in [0.1, 0.15) is 28.9 Å². The number of benzene rings is 1. The first kappa shape index (κ1) is 26.0. The maximum absolute atomic E-state index is 14.8. The molecule has 5 rings (SSSR count). The Morgan fingerprint density at radius 3 is 2.39 bits per heavy atom. The second-order valence-corrected chi connectivity index (χ2v) is 10.00. The van der Waals surface area contributed by atoms with Gasteiger partial charge in [0.25, 0.3) is 5.91 Å².